The Balaban J connectivity index is 2.09. The molecule has 0 saturated heterocycles. The van der Waals surface area contributed by atoms with Gasteiger partial charge in [0.25, 0.3) is 11.7 Å². The Kier molecular flexibility index (Phi) is 2.90. The molecule has 0 aliphatic rings. The third-order valence-corrected chi connectivity index (χ3v) is 2.44. The monoisotopic (exact) mass is 235 g/mol. The number of carbonyl (C=O) groups is 1. The molecule has 2 rings (SSSR count). The molecule has 1 atom stereocenters. The van der Waals surface area contributed by atoms with E-state index in [4.69, 9.17) is 4.42 Å². The molecule has 0 aliphatic heterocycles. The lowest BCUT2D eigenvalue weighted by molar-refractivity contribution is 0.0929. The minimum Gasteiger partial charge on any atom is -0.466 e. The van der Waals surface area contributed by atoms with Crippen molar-refractivity contribution in [1.82, 2.24) is 25.9 Å². The number of aromatic amines is 1. The van der Waals surface area contributed by atoms with Crippen molar-refractivity contribution >= 4 is 5.91 Å². The maximum absolute atomic E-state index is 11.7. The molecule has 2 N–H and O–H groups in total. The Morgan fingerprint density at radius 1 is 1.53 bits per heavy atom. The molecule has 1 amide bonds. The van der Waals surface area contributed by atoms with Gasteiger partial charge in [0.1, 0.15) is 11.5 Å². The van der Waals surface area contributed by atoms with Gasteiger partial charge in [0.15, 0.2) is 0 Å². The SMILES string of the molecule is Cc1cc(C(C)NC(=O)c2nn[nH]n2)c(C)o1. The minimum absolute atomic E-state index is 0.0229. The third-order valence-electron chi connectivity index (χ3n) is 2.44. The van der Waals surface area contributed by atoms with Crippen LogP contribution in [0.25, 0.3) is 0 Å². The predicted octanol–water partition coefficient (Wildman–Crippen LogP) is 0.901. The molecule has 7 nitrogen and oxygen atoms in total. The van der Waals surface area contributed by atoms with E-state index in [1.54, 1.807) is 0 Å². The number of nitrogens with one attached hydrogen (secondary N) is 2. The highest BCUT2D eigenvalue weighted by Crippen LogP contribution is 2.21. The molecule has 90 valence electrons. The fraction of sp³-hybridized carbons (Fsp3) is 0.400. The molecule has 0 fully saturated rings. The predicted molar refractivity (Wildman–Crippen MR) is 58.2 cm³/mol. The zero-order chi connectivity index (χ0) is 12.4. The van der Waals surface area contributed by atoms with Gasteiger partial charge >= 0.3 is 0 Å². The summed E-state index contributed by atoms with van der Waals surface area (Å²) in [4.78, 5) is 11.7. The molecule has 7 heteroatoms. The van der Waals surface area contributed by atoms with Crippen molar-refractivity contribution in [1.29, 1.82) is 0 Å². The van der Waals surface area contributed by atoms with E-state index in [1.807, 2.05) is 26.8 Å². The van der Waals surface area contributed by atoms with E-state index < -0.39 is 0 Å². The maximum Gasteiger partial charge on any atom is 0.293 e. The van der Waals surface area contributed by atoms with Crippen LogP contribution in [0.15, 0.2) is 10.5 Å². The number of tetrazole rings is 1. The summed E-state index contributed by atoms with van der Waals surface area (Å²) in [6, 6.07) is 1.73. The molecule has 17 heavy (non-hydrogen) atoms. The summed E-state index contributed by atoms with van der Waals surface area (Å²) in [5, 5.41) is 15.5. The molecule has 0 radical (unpaired) electrons. The van der Waals surface area contributed by atoms with Crippen molar-refractivity contribution in [2.75, 3.05) is 0 Å². The van der Waals surface area contributed by atoms with Crippen molar-refractivity contribution in [3.8, 4) is 0 Å². The highest BCUT2D eigenvalue weighted by atomic mass is 16.3. The molecular weight excluding hydrogens is 222 g/mol. The molecule has 0 spiro atoms. The first-order valence-corrected chi connectivity index (χ1v) is 5.19. The van der Waals surface area contributed by atoms with Crippen molar-refractivity contribution in [3.05, 3.63) is 29.0 Å². The number of rotatable bonds is 3. The lowest BCUT2D eigenvalue weighted by atomic mass is 10.1. The number of furan rings is 1. The van der Waals surface area contributed by atoms with Crippen LogP contribution in [-0.2, 0) is 0 Å². The fourth-order valence-corrected chi connectivity index (χ4v) is 1.68. The normalized spacial score (nSPS) is 12.4. The highest BCUT2D eigenvalue weighted by molar-refractivity contribution is 5.90. The van der Waals surface area contributed by atoms with Crippen LogP contribution < -0.4 is 5.32 Å². The lowest BCUT2D eigenvalue weighted by Gasteiger charge is -2.11. The first kappa shape index (κ1) is 11.3. The van der Waals surface area contributed by atoms with E-state index in [0.717, 1.165) is 17.1 Å². The van der Waals surface area contributed by atoms with Gasteiger partial charge in [-0.15, -0.1) is 10.2 Å². The third kappa shape index (κ3) is 2.32. The van der Waals surface area contributed by atoms with E-state index in [2.05, 4.69) is 25.9 Å². The molecule has 1 unspecified atom stereocenters. The van der Waals surface area contributed by atoms with Crippen molar-refractivity contribution in [3.63, 3.8) is 0 Å². The Hall–Kier alpha value is -2.18. The molecule has 2 aromatic rings. The number of amides is 1. The van der Waals surface area contributed by atoms with Crippen LogP contribution in [0.1, 0.15) is 40.7 Å². The summed E-state index contributed by atoms with van der Waals surface area (Å²) in [5.41, 5.74) is 0.944. The molecule has 0 aromatic carbocycles. The van der Waals surface area contributed by atoms with Crippen molar-refractivity contribution < 1.29 is 9.21 Å². The molecule has 0 saturated carbocycles. The van der Waals surface area contributed by atoms with Crippen molar-refractivity contribution in [2.45, 2.75) is 26.8 Å². The van der Waals surface area contributed by atoms with Gasteiger partial charge in [-0.1, -0.05) is 0 Å². The second kappa shape index (κ2) is 4.36. The summed E-state index contributed by atoms with van der Waals surface area (Å²) in [6.07, 6.45) is 0. The van der Waals surface area contributed by atoms with Gasteiger partial charge in [-0.2, -0.15) is 5.21 Å². The maximum atomic E-state index is 11.7. The number of aryl methyl sites for hydroxylation is 2. The van der Waals surface area contributed by atoms with Gasteiger partial charge < -0.3 is 9.73 Å². The molecule has 2 heterocycles. The number of hydrogen-bond acceptors (Lipinski definition) is 5. The van der Waals surface area contributed by atoms with E-state index in [1.165, 1.54) is 0 Å². The minimum atomic E-state index is -0.371. The van der Waals surface area contributed by atoms with Crippen LogP contribution in [0.3, 0.4) is 0 Å². The second-order valence-electron chi connectivity index (χ2n) is 3.80. The first-order chi connectivity index (χ1) is 8.08. The zero-order valence-electron chi connectivity index (χ0n) is 9.81. The van der Waals surface area contributed by atoms with Gasteiger partial charge in [0.05, 0.1) is 6.04 Å². The highest BCUT2D eigenvalue weighted by Gasteiger charge is 2.18. The van der Waals surface area contributed by atoms with Crippen molar-refractivity contribution in [2.24, 2.45) is 0 Å². The van der Waals surface area contributed by atoms with E-state index in [0.29, 0.717) is 0 Å². The molecule has 2 aromatic heterocycles. The Labute approximate surface area is 97.6 Å². The van der Waals surface area contributed by atoms with Crippen LogP contribution in [0.5, 0.6) is 0 Å². The number of H-pyrrole nitrogens is 1. The van der Waals surface area contributed by atoms with E-state index >= 15 is 0 Å². The molecule has 0 bridgehead atoms. The Morgan fingerprint density at radius 3 is 2.82 bits per heavy atom. The average Bonchev–Trinajstić information content (AvgIpc) is 2.87. The van der Waals surface area contributed by atoms with Crippen LogP contribution in [0, 0.1) is 13.8 Å². The summed E-state index contributed by atoms with van der Waals surface area (Å²) in [6.45, 7) is 5.60. The summed E-state index contributed by atoms with van der Waals surface area (Å²) < 4.78 is 5.41. The topological polar surface area (TPSA) is 96.7 Å². The van der Waals surface area contributed by atoms with Crippen LogP contribution >= 0.6 is 0 Å². The average molecular weight is 235 g/mol. The summed E-state index contributed by atoms with van der Waals surface area (Å²) >= 11 is 0. The number of aromatic nitrogens is 4. The van der Waals surface area contributed by atoms with Crippen LogP contribution in [0.4, 0.5) is 0 Å². The molecular formula is C10H13N5O2. The first-order valence-electron chi connectivity index (χ1n) is 5.19. The second-order valence-corrected chi connectivity index (χ2v) is 3.80. The van der Waals surface area contributed by atoms with E-state index in [-0.39, 0.29) is 17.8 Å². The number of carbonyl (C=O) groups excluding carboxylic acids is 1. The quantitative estimate of drug-likeness (QED) is 0.823. The van der Waals surface area contributed by atoms with Gasteiger partial charge in [0, 0.05) is 5.56 Å². The zero-order valence-corrected chi connectivity index (χ0v) is 9.81. The number of nitrogens with zero attached hydrogens (tertiary/aromatic N) is 3. The molecule has 0 aliphatic carbocycles. The number of hydrogen-bond donors (Lipinski definition) is 2. The van der Waals surface area contributed by atoms with E-state index in [9.17, 15) is 4.79 Å². The Morgan fingerprint density at radius 2 is 2.29 bits per heavy atom. The Bertz CT molecular complexity index is 517. The van der Waals surface area contributed by atoms with Gasteiger partial charge in [-0.25, -0.2) is 0 Å². The largest absolute Gasteiger partial charge is 0.466 e. The summed E-state index contributed by atoms with van der Waals surface area (Å²) in [5.74, 6) is 1.26. The van der Waals surface area contributed by atoms with Gasteiger partial charge in [0.2, 0.25) is 0 Å². The van der Waals surface area contributed by atoms with Gasteiger partial charge in [-0.05, 0) is 32.1 Å². The fourth-order valence-electron chi connectivity index (χ4n) is 1.68. The van der Waals surface area contributed by atoms with Crippen LogP contribution in [0.2, 0.25) is 0 Å². The smallest absolute Gasteiger partial charge is 0.293 e. The summed E-state index contributed by atoms with van der Waals surface area (Å²) in [7, 11) is 0. The lowest BCUT2D eigenvalue weighted by Crippen LogP contribution is -2.27. The standard InChI is InChI=1S/C10H13N5O2/c1-5-4-8(7(3)17-5)6(2)11-10(16)9-12-14-15-13-9/h4,6H,1-3H3,(H,11,16)(H,12,13,14,15). The van der Waals surface area contributed by atoms with Crippen LogP contribution in [-0.4, -0.2) is 26.5 Å². The van der Waals surface area contributed by atoms with Gasteiger partial charge in [-0.3, -0.25) is 4.79 Å².